The number of carbonyl (C=O) groups is 4. The van der Waals surface area contributed by atoms with Gasteiger partial charge in [0.1, 0.15) is 19.3 Å². The largest absolute Gasteiger partial charge is 0.472 e. The number of rotatable bonds is 62. The van der Waals surface area contributed by atoms with Crippen LogP contribution in [0, 0.1) is 23.7 Å². The van der Waals surface area contributed by atoms with Crippen molar-refractivity contribution in [1.29, 1.82) is 0 Å². The molecule has 0 spiro atoms. The van der Waals surface area contributed by atoms with E-state index in [1.54, 1.807) is 0 Å². The van der Waals surface area contributed by atoms with Crippen LogP contribution in [0.5, 0.6) is 0 Å². The average Bonchev–Trinajstić information content (AvgIpc) is 3.45. The number of aliphatic hydroxyl groups excluding tert-OH is 1. The lowest BCUT2D eigenvalue weighted by Crippen LogP contribution is -2.30. The summed E-state index contributed by atoms with van der Waals surface area (Å²) in [5, 5.41) is 10.5. The standard InChI is InChI=1S/C65H126O17P2/c1-55(2)41-33-25-17-14-12-10-9-11-13-15-19-29-37-45-62(67)75-51-60(81-64(69)47-39-31-20-16-18-26-34-42-56(3)4)53-79-83(71,72)77-49-59(66)50-78-84(73,74)80-54-61(82-65(70)48-40-32-24-22-28-36-44-58(7)8)52-76-63(68)46-38-30-23-21-27-35-43-57(5)6/h55-61,66H,9-54H2,1-8H3,(H,71,72)(H,73,74)/t59-,60-,61-/m1/s1. The van der Waals surface area contributed by atoms with E-state index in [0.29, 0.717) is 43.4 Å². The number of hydrogen-bond acceptors (Lipinski definition) is 15. The van der Waals surface area contributed by atoms with Crippen molar-refractivity contribution in [3.63, 3.8) is 0 Å². The zero-order chi connectivity index (χ0) is 62.5. The van der Waals surface area contributed by atoms with E-state index >= 15 is 0 Å². The number of carbonyl (C=O) groups excluding carboxylic acids is 4. The lowest BCUT2D eigenvalue weighted by Gasteiger charge is -2.21. The maximum absolute atomic E-state index is 13.0. The number of phosphoric ester groups is 2. The Kier molecular flexibility index (Phi) is 53.9. The van der Waals surface area contributed by atoms with Crippen molar-refractivity contribution in [2.75, 3.05) is 39.6 Å². The molecule has 0 fully saturated rings. The van der Waals surface area contributed by atoms with E-state index in [-0.39, 0.29) is 25.7 Å². The fraction of sp³-hybridized carbons (Fsp3) is 0.938. The summed E-state index contributed by atoms with van der Waals surface area (Å²) in [5.74, 6) is 0.691. The van der Waals surface area contributed by atoms with Gasteiger partial charge in [-0.3, -0.25) is 37.3 Å². The number of phosphoric acid groups is 2. The third kappa shape index (κ3) is 59.0. The average molecular weight is 1240 g/mol. The molecule has 0 radical (unpaired) electrons. The first-order valence-electron chi connectivity index (χ1n) is 33.7. The quantitative estimate of drug-likeness (QED) is 0.0222. The molecule has 0 aromatic heterocycles. The van der Waals surface area contributed by atoms with Crippen molar-refractivity contribution in [3.05, 3.63) is 0 Å². The van der Waals surface area contributed by atoms with Gasteiger partial charge in [0, 0.05) is 25.7 Å². The van der Waals surface area contributed by atoms with Gasteiger partial charge in [-0.1, -0.05) is 261 Å². The molecular weight excluding hydrogens is 1110 g/mol. The number of hydrogen-bond donors (Lipinski definition) is 3. The van der Waals surface area contributed by atoms with E-state index in [1.165, 1.54) is 109 Å². The Hall–Kier alpha value is -1.94. The van der Waals surface area contributed by atoms with Crippen LogP contribution in [0.25, 0.3) is 0 Å². The predicted octanol–water partition coefficient (Wildman–Crippen LogP) is 17.8. The lowest BCUT2D eigenvalue weighted by molar-refractivity contribution is -0.161. The zero-order valence-electron chi connectivity index (χ0n) is 54.5. The lowest BCUT2D eigenvalue weighted by atomic mass is 10.0. The minimum absolute atomic E-state index is 0.100. The van der Waals surface area contributed by atoms with Crippen molar-refractivity contribution < 1.29 is 80.2 Å². The Morgan fingerprint density at radius 3 is 0.738 bits per heavy atom. The van der Waals surface area contributed by atoms with Crippen molar-refractivity contribution in [2.24, 2.45) is 23.7 Å². The molecule has 0 aliphatic carbocycles. The summed E-state index contributed by atoms with van der Waals surface area (Å²) in [6.45, 7) is 13.9. The van der Waals surface area contributed by atoms with E-state index in [9.17, 15) is 43.2 Å². The van der Waals surface area contributed by atoms with E-state index in [2.05, 4.69) is 55.4 Å². The highest BCUT2D eigenvalue weighted by Gasteiger charge is 2.30. The molecule has 0 aliphatic rings. The van der Waals surface area contributed by atoms with Crippen LogP contribution in [-0.2, 0) is 65.4 Å². The van der Waals surface area contributed by atoms with E-state index in [4.69, 9.17) is 37.0 Å². The highest BCUT2D eigenvalue weighted by Crippen LogP contribution is 2.45. The van der Waals surface area contributed by atoms with Crippen molar-refractivity contribution in [2.45, 2.75) is 331 Å². The summed E-state index contributed by atoms with van der Waals surface area (Å²) in [4.78, 5) is 72.2. The van der Waals surface area contributed by atoms with Crippen LogP contribution in [0.4, 0.5) is 0 Å². The number of aliphatic hydroxyl groups is 1. The second-order valence-electron chi connectivity index (χ2n) is 25.4. The molecule has 0 amide bonds. The molecule has 2 unspecified atom stereocenters. The molecule has 0 bridgehead atoms. The second-order valence-corrected chi connectivity index (χ2v) is 28.3. The van der Waals surface area contributed by atoms with Gasteiger partial charge in [0.25, 0.3) is 0 Å². The maximum Gasteiger partial charge on any atom is 0.472 e. The highest BCUT2D eigenvalue weighted by molar-refractivity contribution is 7.47. The molecule has 0 saturated carbocycles. The molecule has 5 atom stereocenters. The number of ether oxygens (including phenoxy) is 4. The van der Waals surface area contributed by atoms with Gasteiger partial charge in [-0.25, -0.2) is 9.13 Å². The van der Waals surface area contributed by atoms with Crippen LogP contribution in [0.1, 0.15) is 312 Å². The van der Waals surface area contributed by atoms with Gasteiger partial charge >= 0.3 is 39.5 Å². The fourth-order valence-corrected chi connectivity index (χ4v) is 11.2. The molecule has 0 rings (SSSR count). The Bertz CT molecular complexity index is 1680. The normalized spacial score (nSPS) is 14.4. The van der Waals surface area contributed by atoms with Gasteiger partial charge in [0.15, 0.2) is 12.2 Å². The van der Waals surface area contributed by atoms with Crippen molar-refractivity contribution in [1.82, 2.24) is 0 Å². The third-order valence-corrected chi connectivity index (χ3v) is 16.7. The summed E-state index contributed by atoms with van der Waals surface area (Å²) in [7, 11) is -9.89. The van der Waals surface area contributed by atoms with Crippen LogP contribution < -0.4 is 0 Å². The molecular formula is C65H126O17P2. The van der Waals surface area contributed by atoms with Crippen molar-refractivity contribution in [3.8, 4) is 0 Å². The summed E-state index contributed by atoms with van der Waals surface area (Å²) in [5.41, 5.74) is 0. The van der Waals surface area contributed by atoms with Gasteiger partial charge < -0.3 is 33.8 Å². The summed E-state index contributed by atoms with van der Waals surface area (Å²) < 4.78 is 67.9. The third-order valence-electron chi connectivity index (χ3n) is 14.8. The second kappa shape index (κ2) is 55.2. The van der Waals surface area contributed by atoms with Crippen LogP contribution in [0.3, 0.4) is 0 Å². The maximum atomic E-state index is 13.0. The van der Waals surface area contributed by atoms with Crippen LogP contribution in [0.2, 0.25) is 0 Å². The highest BCUT2D eigenvalue weighted by atomic mass is 31.2. The molecule has 19 heteroatoms. The molecule has 0 aliphatic heterocycles. The molecule has 17 nitrogen and oxygen atoms in total. The molecule has 0 heterocycles. The molecule has 84 heavy (non-hydrogen) atoms. The Morgan fingerprint density at radius 2 is 0.500 bits per heavy atom. The van der Waals surface area contributed by atoms with Gasteiger partial charge in [-0.15, -0.1) is 0 Å². The minimum Gasteiger partial charge on any atom is -0.462 e. The first-order valence-corrected chi connectivity index (χ1v) is 36.7. The van der Waals surface area contributed by atoms with Gasteiger partial charge in [-0.05, 0) is 49.4 Å². The van der Waals surface area contributed by atoms with Gasteiger partial charge in [-0.2, -0.15) is 0 Å². The minimum atomic E-state index is -4.95. The Labute approximate surface area is 511 Å². The van der Waals surface area contributed by atoms with Gasteiger partial charge in [0.05, 0.1) is 26.4 Å². The zero-order valence-corrected chi connectivity index (χ0v) is 56.3. The molecule has 3 N–H and O–H groups in total. The first kappa shape index (κ1) is 82.1. The van der Waals surface area contributed by atoms with Crippen LogP contribution in [-0.4, -0.2) is 96.7 Å². The molecule has 0 aromatic carbocycles. The van der Waals surface area contributed by atoms with Crippen molar-refractivity contribution >= 4 is 39.5 Å². The summed E-state index contributed by atoms with van der Waals surface area (Å²) >= 11 is 0. The SMILES string of the molecule is CC(C)CCCCCCCCCCCCCCCC(=O)OC[C@H](COP(=O)(O)OC[C@@H](O)COP(=O)(O)OC[C@@H](COC(=O)CCCCCCCCC(C)C)OC(=O)CCCCCCCCC(C)C)OC(=O)CCCCCCCCCC(C)C. The molecule has 0 saturated heterocycles. The van der Waals surface area contributed by atoms with E-state index in [1.807, 2.05) is 0 Å². The Morgan fingerprint density at radius 1 is 0.298 bits per heavy atom. The molecule has 0 aromatic rings. The Balaban J connectivity index is 5.19. The van der Waals surface area contributed by atoms with Gasteiger partial charge in [0.2, 0.25) is 0 Å². The first-order chi connectivity index (χ1) is 40.1. The van der Waals surface area contributed by atoms with Crippen LogP contribution in [0.15, 0.2) is 0 Å². The predicted molar refractivity (Wildman–Crippen MR) is 335 cm³/mol. The molecule has 498 valence electrons. The summed E-state index contributed by atoms with van der Waals surface area (Å²) in [6.07, 6.45) is 35.3. The fourth-order valence-electron chi connectivity index (χ4n) is 9.61. The van der Waals surface area contributed by atoms with Crippen LogP contribution >= 0.6 is 15.6 Å². The summed E-state index contributed by atoms with van der Waals surface area (Å²) in [6, 6.07) is 0. The smallest absolute Gasteiger partial charge is 0.462 e. The number of esters is 4. The topological polar surface area (TPSA) is 237 Å². The monoisotopic (exact) mass is 1240 g/mol. The van der Waals surface area contributed by atoms with E-state index in [0.717, 1.165) is 102 Å². The number of unbranched alkanes of at least 4 members (excludes halogenated alkanes) is 28. The van der Waals surface area contributed by atoms with E-state index < -0.39 is 97.5 Å².